The molecule has 0 bridgehead atoms. The van der Waals surface area contributed by atoms with Crippen LogP contribution in [0.4, 0.5) is 0 Å². The molecule has 0 amide bonds. The Labute approximate surface area is 309 Å². The maximum Gasteiger partial charge on any atom is 0.164 e. The lowest BCUT2D eigenvalue weighted by Crippen LogP contribution is -2.01. The van der Waals surface area contributed by atoms with E-state index >= 15 is 0 Å². The van der Waals surface area contributed by atoms with Crippen LogP contribution >= 0.6 is 0 Å². The first-order valence-electron chi connectivity index (χ1n) is 17.9. The van der Waals surface area contributed by atoms with Gasteiger partial charge in [-0.05, 0) is 60.7 Å². The molecule has 0 radical (unpaired) electrons. The molecule has 0 atom stereocenters. The van der Waals surface area contributed by atoms with Crippen LogP contribution in [0, 0.1) is 0 Å². The van der Waals surface area contributed by atoms with Crippen molar-refractivity contribution in [3.05, 3.63) is 176 Å². The van der Waals surface area contributed by atoms with E-state index in [0.717, 1.165) is 61.3 Å². The number of aromatic nitrogens is 7. The van der Waals surface area contributed by atoms with Gasteiger partial charge in [-0.1, -0.05) is 115 Å². The van der Waals surface area contributed by atoms with E-state index in [1.54, 1.807) is 0 Å². The van der Waals surface area contributed by atoms with Gasteiger partial charge in [-0.25, -0.2) is 24.9 Å². The quantitative estimate of drug-likeness (QED) is 0.180. The van der Waals surface area contributed by atoms with Crippen LogP contribution in [-0.2, 0) is 0 Å². The Kier molecular flexibility index (Phi) is 6.72. The maximum atomic E-state index is 5.14. The summed E-state index contributed by atoms with van der Waals surface area (Å²) in [5.74, 6) is 2.66. The first-order chi connectivity index (χ1) is 26.8. The highest BCUT2D eigenvalue weighted by atomic mass is 15.1. The van der Waals surface area contributed by atoms with Crippen molar-refractivity contribution in [3.8, 4) is 51.2 Å². The lowest BCUT2D eigenvalue weighted by Gasteiger charge is -2.11. The Morgan fingerprint density at radius 1 is 0.315 bits per heavy atom. The number of hydrogen-bond donors (Lipinski definition) is 0. The van der Waals surface area contributed by atoms with Crippen molar-refractivity contribution in [2.24, 2.45) is 0 Å². The zero-order valence-corrected chi connectivity index (χ0v) is 28.9. The van der Waals surface area contributed by atoms with Gasteiger partial charge in [0.15, 0.2) is 17.5 Å². The molecule has 0 spiro atoms. The summed E-state index contributed by atoms with van der Waals surface area (Å²) in [4.78, 5) is 25.2. The van der Waals surface area contributed by atoms with E-state index in [-0.39, 0.29) is 0 Å². The third-order valence-electron chi connectivity index (χ3n) is 10.2. The van der Waals surface area contributed by atoms with Crippen molar-refractivity contribution in [1.82, 2.24) is 33.9 Å². The fourth-order valence-electron chi connectivity index (χ4n) is 7.62. The van der Waals surface area contributed by atoms with Gasteiger partial charge in [0, 0.05) is 44.1 Å². The molecular formula is C47H29N7. The van der Waals surface area contributed by atoms with Crippen molar-refractivity contribution in [2.45, 2.75) is 0 Å². The summed E-state index contributed by atoms with van der Waals surface area (Å²) in [5.41, 5.74) is 10.8. The zero-order chi connectivity index (χ0) is 35.6. The van der Waals surface area contributed by atoms with E-state index < -0.39 is 0 Å². The molecule has 0 aliphatic heterocycles. The second-order valence-corrected chi connectivity index (χ2v) is 13.4. The van der Waals surface area contributed by atoms with Crippen LogP contribution in [0.1, 0.15) is 0 Å². The fraction of sp³-hybridized carbons (Fsp3) is 0. The zero-order valence-electron chi connectivity index (χ0n) is 28.9. The van der Waals surface area contributed by atoms with Gasteiger partial charge in [-0.2, -0.15) is 0 Å². The number of imidazole rings is 1. The van der Waals surface area contributed by atoms with Crippen LogP contribution in [0.2, 0.25) is 0 Å². The molecule has 54 heavy (non-hydrogen) atoms. The van der Waals surface area contributed by atoms with Crippen LogP contribution < -0.4 is 0 Å². The molecule has 7 nitrogen and oxygen atoms in total. The van der Waals surface area contributed by atoms with Crippen molar-refractivity contribution in [3.63, 3.8) is 0 Å². The summed E-state index contributed by atoms with van der Waals surface area (Å²) in [6, 6.07) is 60.3. The van der Waals surface area contributed by atoms with Crippen molar-refractivity contribution in [1.29, 1.82) is 0 Å². The predicted molar refractivity (Wildman–Crippen MR) is 217 cm³/mol. The molecule has 4 heterocycles. The van der Waals surface area contributed by atoms with Crippen molar-refractivity contribution in [2.75, 3.05) is 0 Å². The van der Waals surface area contributed by atoms with Crippen LogP contribution in [0.25, 0.3) is 101 Å². The summed E-state index contributed by atoms with van der Waals surface area (Å²) >= 11 is 0. The number of benzene rings is 7. The summed E-state index contributed by atoms with van der Waals surface area (Å²) in [7, 11) is 0. The average molecular weight is 692 g/mol. The predicted octanol–water partition coefficient (Wildman–Crippen LogP) is 11.0. The smallest absolute Gasteiger partial charge is 0.164 e. The first-order valence-corrected chi connectivity index (χ1v) is 17.9. The summed E-state index contributed by atoms with van der Waals surface area (Å²) < 4.78 is 4.47. The Morgan fingerprint density at radius 3 is 1.41 bits per heavy atom. The topological polar surface area (TPSA) is 73.8 Å². The largest absolute Gasteiger partial charge is 0.309 e. The lowest BCUT2D eigenvalue weighted by atomic mass is 10.1. The number of hydrogen-bond acceptors (Lipinski definition) is 5. The van der Waals surface area contributed by atoms with Gasteiger partial charge < -0.3 is 4.57 Å². The standard InChI is InChI=1S/C47H29N7/c1-2-12-30(13-3-1)43-50-44(52-45(51-43)32-26-28-34(29-27-32)53-40-19-9-5-14-35(40)36-15-6-10-20-41(36)53)31-22-24-33(25-23-31)46-48-38-17-7-4-16-37(38)47-49-39-18-8-11-21-42(39)54(46)47/h1-29H. The number of rotatable bonds is 5. The first kappa shape index (κ1) is 30.1. The van der Waals surface area contributed by atoms with E-state index in [1.165, 1.54) is 21.8 Å². The van der Waals surface area contributed by atoms with Gasteiger partial charge in [-0.15, -0.1) is 0 Å². The molecule has 0 fully saturated rings. The molecule has 0 unspecified atom stereocenters. The molecule has 4 aromatic heterocycles. The van der Waals surface area contributed by atoms with Crippen molar-refractivity contribution >= 4 is 49.4 Å². The Bertz CT molecular complexity index is 3150. The van der Waals surface area contributed by atoms with E-state index in [1.807, 2.05) is 66.7 Å². The fourth-order valence-corrected chi connectivity index (χ4v) is 7.62. The van der Waals surface area contributed by atoms with Gasteiger partial charge in [0.05, 0.1) is 27.6 Å². The molecule has 0 N–H and O–H groups in total. The van der Waals surface area contributed by atoms with E-state index in [9.17, 15) is 0 Å². The van der Waals surface area contributed by atoms with Crippen LogP contribution in [0.3, 0.4) is 0 Å². The van der Waals surface area contributed by atoms with Crippen LogP contribution in [0.5, 0.6) is 0 Å². The second-order valence-electron chi connectivity index (χ2n) is 13.4. The minimum Gasteiger partial charge on any atom is -0.309 e. The van der Waals surface area contributed by atoms with E-state index in [4.69, 9.17) is 24.9 Å². The van der Waals surface area contributed by atoms with Crippen LogP contribution in [-0.4, -0.2) is 33.9 Å². The molecule has 252 valence electrons. The van der Waals surface area contributed by atoms with E-state index in [0.29, 0.717) is 17.5 Å². The van der Waals surface area contributed by atoms with Gasteiger partial charge in [0.2, 0.25) is 0 Å². The number of para-hydroxylation sites is 5. The normalized spacial score (nSPS) is 11.7. The SMILES string of the molecule is c1ccc(-c2nc(-c3ccc(-c4nc5ccccc5c5nc6ccccc6n45)cc3)nc(-c3ccc(-n4c5ccccc5c5ccccc54)cc3)n2)cc1. The Balaban J connectivity index is 1.02. The molecule has 11 aromatic rings. The average Bonchev–Trinajstić information content (AvgIpc) is 3.81. The Morgan fingerprint density at radius 2 is 0.778 bits per heavy atom. The van der Waals surface area contributed by atoms with Crippen LogP contribution in [0.15, 0.2) is 176 Å². The lowest BCUT2D eigenvalue weighted by molar-refractivity contribution is 1.07. The third kappa shape index (κ3) is 4.79. The van der Waals surface area contributed by atoms with Gasteiger partial charge in [-0.3, -0.25) is 4.40 Å². The molecule has 0 aliphatic rings. The Hall–Kier alpha value is -7.51. The highest BCUT2D eigenvalue weighted by molar-refractivity contribution is 6.09. The molecule has 11 rings (SSSR count). The third-order valence-corrected chi connectivity index (χ3v) is 10.2. The minimum atomic E-state index is 0.599. The summed E-state index contributed by atoms with van der Waals surface area (Å²) in [6.45, 7) is 0. The molecule has 0 aliphatic carbocycles. The highest BCUT2D eigenvalue weighted by Crippen LogP contribution is 2.34. The second kappa shape index (κ2) is 12.0. The summed E-state index contributed by atoms with van der Waals surface area (Å²) in [5, 5.41) is 3.48. The maximum absolute atomic E-state index is 5.14. The van der Waals surface area contributed by atoms with Gasteiger partial charge in [0.25, 0.3) is 0 Å². The number of fused-ring (bicyclic) bond motifs is 8. The van der Waals surface area contributed by atoms with Crippen molar-refractivity contribution < 1.29 is 0 Å². The van der Waals surface area contributed by atoms with Gasteiger partial charge >= 0.3 is 0 Å². The van der Waals surface area contributed by atoms with Gasteiger partial charge in [0.1, 0.15) is 11.5 Å². The van der Waals surface area contributed by atoms with E-state index in [2.05, 4.69) is 118 Å². The molecule has 0 saturated heterocycles. The highest BCUT2D eigenvalue weighted by Gasteiger charge is 2.17. The molecule has 7 heteroatoms. The molecule has 0 saturated carbocycles. The summed E-state index contributed by atoms with van der Waals surface area (Å²) in [6.07, 6.45) is 0. The minimum absolute atomic E-state index is 0.599. The molecular weight excluding hydrogens is 663 g/mol. The number of nitrogens with zero attached hydrogens (tertiary/aromatic N) is 7. The molecule has 7 aromatic carbocycles. The monoisotopic (exact) mass is 691 g/mol.